The molecular formula is C7H14ClNO2. The predicted molar refractivity (Wildman–Crippen MR) is 44.5 cm³/mol. The molecule has 1 aliphatic carbocycles. The van der Waals surface area contributed by atoms with Crippen molar-refractivity contribution in [2.45, 2.75) is 12.8 Å². The predicted octanol–water partition coefficient (Wildman–Crippen LogP) is 0.566. The number of hydrogen-bond donors (Lipinski definition) is 1. The van der Waals surface area contributed by atoms with Gasteiger partial charge in [-0.05, 0) is 25.3 Å². The Hall–Kier alpha value is -0.280. The molecule has 0 radical (unpaired) electrons. The lowest BCUT2D eigenvalue weighted by Crippen LogP contribution is -2.38. The lowest BCUT2D eigenvalue weighted by Gasteiger charge is -2.32. The Labute approximate surface area is 72.7 Å². The quantitative estimate of drug-likeness (QED) is 0.631. The van der Waals surface area contributed by atoms with E-state index < -0.39 is 0 Å². The van der Waals surface area contributed by atoms with Crippen LogP contribution in [0.25, 0.3) is 0 Å². The van der Waals surface area contributed by atoms with Gasteiger partial charge >= 0.3 is 5.97 Å². The molecule has 2 atom stereocenters. The summed E-state index contributed by atoms with van der Waals surface area (Å²) in [6, 6.07) is 0. The van der Waals surface area contributed by atoms with E-state index in [1.807, 2.05) is 0 Å². The lowest BCUT2D eigenvalue weighted by molar-refractivity contribution is -0.151. The van der Waals surface area contributed by atoms with Crippen molar-refractivity contribution in [2.75, 3.05) is 13.7 Å². The molecule has 0 heterocycles. The summed E-state index contributed by atoms with van der Waals surface area (Å²) in [5.74, 6) is 0.379. The van der Waals surface area contributed by atoms with Crippen LogP contribution in [-0.2, 0) is 9.53 Å². The summed E-state index contributed by atoms with van der Waals surface area (Å²) in [7, 11) is 1.42. The fraction of sp³-hybridized carbons (Fsp3) is 0.857. The molecule has 3 nitrogen and oxygen atoms in total. The van der Waals surface area contributed by atoms with Crippen LogP contribution in [-0.4, -0.2) is 19.6 Å². The molecule has 0 saturated heterocycles. The van der Waals surface area contributed by atoms with Gasteiger partial charge in [0.2, 0.25) is 0 Å². The summed E-state index contributed by atoms with van der Waals surface area (Å²) in [4.78, 5) is 10.9. The maximum absolute atomic E-state index is 10.9. The number of hydrogen-bond acceptors (Lipinski definition) is 3. The highest BCUT2D eigenvalue weighted by Crippen LogP contribution is 2.33. The van der Waals surface area contributed by atoms with E-state index in [1.54, 1.807) is 0 Å². The summed E-state index contributed by atoms with van der Waals surface area (Å²) in [6.07, 6.45) is 2.03. The normalized spacial score (nSPS) is 28.2. The monoisotopic (exact) mass is 179 g/mol. The van der Waals surface area contributed by atoms with Gasteiger partial charge in [0, 0.05) is 0 Å². The zero-order chi connectivity index (χ0) is 7.56. The number of rotatable bonds is 2. The minimum Gasteiger partial charge on any atom is -0.469 e. The standard InChI is InChI=1S/C7H13NO2.ClH/c1-10-7(9)6-3-2-5(6)4-8;/h5-6H,2-4,8H2,1H3;1H/t5-,6+;/m0./s1. The van der Waals surface area contributed by atoms with E-state index in [9.17, 15) is 4.79 Å². The van der Waals surface area contributed by atoms with Crippen molar-refractivity contribution in [3.8, 4) is 0 Å². The number of ether oxygens (including phenoxy) is 1. The van der Waals surface area contributed by atoms with Crippen LogP contribution in [0.3, 0.4) is 0 Å². The summed E-state index contributed by atoms with van der Waals surface area (Å²) in [5, 5.41) is 0. The van der Waals surface area contributed by atoms with E-state index in [-0.39, 0.29) is 24.3 Å². The smallest absolute Gasteiger partial charge is 0.308 e. The molecule has 66 valence electrons. The van der Waals surface area contributed by atoms with Gasteiger partial charge < -0.3 is 10.5 Å². The van der Waals surface area contributed by atoms with Crippen LogP contribution in [0.2, 0.25) is 0 Å². The van der Waals surface area contributed by atoms with Gasteiger partial charge in [0.05, 0.1) is 13.0 Å². The number of nitrogens with two attached hydrogens (primary N) is 1. The second-order valence-corrected chi connectivity index (χ2v) is 2.70. The third kappa shape index (κ3) is 2.07. The van der Waals surface area contributed by atoms with E-state index in [1.165, 1.54) is 7.11 Å². The summed E-state index contributed by atoms with van der Waals surface area (Å²) >= 11 is 0. The van der Waals surface area contributed by atoms with Crippen LogP contribution in [0.5, 0.6) is 0 Å². The van der Waals surface area contributed by atoms with Gasteiger partial charge in [-0.1, -0.05) is 0 Å². The molecule has 4 heteroatoms. The van der Waals surface area contributed by atoms with Crippen molar-refractivity contribution in [3.05, 3.63) is 0 Å². The summed E-state index contributed by atoms with van der Waals surface area (Å²) in [6.45, 7) is 0.611. The van der Waals surface area contributed by atoms with Crippen molar-refractivity contribution in [1.82, 2.24) is 0 Å². The highest BCUT2D eigenvalue weighted by molar-refractivity contribution is 5.85. The van der Waals surface area contributed by atoms with Gasteiger partial charge in [-0.2, -0.15) is 0 Å². The van der Waals surface area contributed by atoms with Crippen LogP contribution in [0.15, 0.2) is 0 Å². The van der Waals surface area contributed by atoms with E-state index in [4.69, 9.17) is 5.73 Å². The van der Waals surface area contributed by atoms with E-state index >= 15 is 0 Å². The molecule has 0 aromatic rings. The van der Waals surface area contributed by atoms with Crippen molar-refractivity contribution in [2.24, 2.45) is 17.6 Å². The molecule has 0 aromatic heterocycles. The first-order valence-electron chi connectivity index (χ1n) is 3.57. The molecule has 0 amide bonds. The number of carbonyl (C=O) groups is 1. The topological polar surface area (TPSA) is 52.3 Å². The SMILES string of the molecule is COC(=O)[C@@H]1CC[C@H]1CN.Cl. The molecule has 1 fully saturated rings. The number of carbonyl (C=O) groups excluding carboxylic acids is 1. The highest BCUT2D eigenvalue weighted by atomic mass is 35.5. The molecular weight excluding hydrogens is 166 g/mol. The fourth-order valence-electron chi connectivity index (χ4n) is 1.31. The van der Waals surface area contributed by atoms with E-state index in [2.05, 4.69) is 4.74 Å². The van der Waals surface area contributed by atoms with Gasteiger partial charge in [0.1, 0.15) is 0 Å². The average molecular weight is 180 g/mol. The van der Waals surface area contributed by atoms with Crippen LogP contribution in [0.1, 0.15) is 12.8 Å². The Balaban J connectivity index is 0.000001000. The maximum Gasteiger partial charge on any atom is 0.308 e. The Kier molecular flexibility index (Phi) is 4.45. The molecule has 1 aliphatic rings. The Bertz CT molecular complexity index is 138. The zero-order valence-corrected chi connectivity index (χ0v) is 7.39. The van der Waals surface area contributed by atoms with Crippen LogP contribution < -0.4 is 5.73 Å². The van der Waals surface area contributed by atoms with Crippen LogP contribution in [0.4, 0.5) is 0 Å². The first kappa shape index (κ1) is 10.7. The average Bonchev–Trinajstić information content (AvgIpc) is 1.86. The molecule has 2 N–H and O–H groups in total. The summed E-state index contributed by atoms with van der Waals surface area (Å²) in [5.41, 5.74) is 5.41. The van der Waals surface area contributed by atoms with Crippen molar-refractivity contribution in [1.29, 1.82) is 0 Å². The molecule has 1 rings (SSSR count). The van der Waals surface area contributed by atoms with Crippen molar-refractivity contribution in [3.63, 3.8) is 0 Å². The molecule has 0 unspecified atom stereocenters. The third-order valence-electron chi connectivity index (χ3n) is 2.22. The number of halogens is 1. The number of methoxy groups -OCH3 is 1. The van der Waals surface area contributed by atoms with Crippen molar-refractivity contribution < 1.29 is 9.53 Å². The van der Waals surface area contributed by atoms with Gasteiger partial charge in [-0.15, -0.1) is 12.4 Å². The van der Waals surface area contributed by atoms with Crippen LogP contribution in [0, 0.1) is 11.8 Å². The van der Waals surface area contributed by atoms with E-state index in [0.29, 0.717) is 12.5 Å². The second kappa shape index (κ2) is 4.57. The van der Waals surface area contributed by atoms with Crippen LogP contribution >= 0.6 is 12.4 Å². The minimum absolute atomic E-state index is 0. The lowest BCUT2D eigenvalue weighted by atomic mass is 9.74. The van der Waals surface area contributed by atoms with Crippen molar-refractivity contribution >= 4 is 18.4 Å². The summed E-state index contributed by atoms with van der Waals surface area (Å²) < 4.78 is 4.59. The minimum atomic E-state index is -0.0956. The zero-order valence-electron chi connectivity index (χ0n) is 6.58. The Morgan fingerprint density at radius 2 is 2.27 bits per heavy atom. The molecule has 0 aliphatic heterocycles. The molecule has 11 heavy (non-hydrogen) atoms. The largest absolute Gasteiger partial charge is 0.469 e. The van der Waals surface area contributed by atoms with Gasteiger partial charge in [-0.3, -0.25) is 4.79 Å². The molecule has 0 bridgehead atoms. The molecule has 1 saturated carbocycles. The highest BCUT2D eigenvalue weighted by Gasteiger charge is 2.35. The second-order valence-electron chi connectivity index (χ2n) is 2.70. The molecule has 0 spiro atoms. The number of esters is 1. The molecule has 0 aromatic carbocycles. The maximum atomic E-state index is 10.9. The third-order valence-corrected chi connectivity index (χ3v) is 2.22. The van der Waals surface area contributed by atoms with Gasteiger partial charge in [0.15, 0.2) is 0 Å². The van der Waals surface area contributed by atoms with Gasteiger partial charge in [-0.25, -0.2) is 0 Å². The first-order chi connectivity index (χ1) is 4.79. The fourth-order valence-corrected chi connectivity index (χ4v) is 1.31. The Morgan fingerprint density at radius 1 is 1.64 bits per heavy atom. The van der Waals surface area contributed by atoms with E-state index in [0.717, 1.165) is 12.8 Å². The Morgan fingerprint density at radius 3 is 2.55 bits per heavy atom. The van der Waals surface area contributed by atoms with Gasteiger partial charge in [0.25, 0.3) is 0 Å². The first-order valence-corrected chi connectivity index (χ1v) is 3.57.